The highest BCUT2D eigenvalue weighted by Gasteiger charge is 2.52. The minimum atomic E-state index is -0.654. The first-order valence-electron chi connectivity index (χ1n) is 22.9. The molecule has 10 aromatic rings. The molecule has 4 aliphatic rings. The largest absolute Gasteiger partial charge is 0.457 e. The normalized spacial score (nSPS) is 14.6. The number of pyridine rings is 1. The van der Waals surface area contributed by atoms with Crippen LogP contribution < -0.4 is 19.3 Å². The maximum absolute atomic E-state index is 8.47. The summed E-state index contributed by atoms with van der Waals surface area (Å²) >= 11 is 0. The first-order valence-corrected chi connectivity index (χ1v) is 22.9. The summed E-state index contributed by atoms with van der Waals surface area (Å²) in [5, 5.41) is 0. The summed E-state index contributed by atoms with van der Waals surface area (Å²) in [6, 6.07) is 78.9. The predicted octanol–water partition coefficient (Wildman–Crippen LogP) is 15.8. The standard InChI is InChI=1S/C62H38N4O2/c1-63-51-35-34-40(65-53-26-10-2-18-43(53)61(44-19-3-11-27-54(44)65)47-22-6-14-30-57(47)67-58-31-15-7-23-48(58)61)38-42(51)52-39-41(36-37-64-52)66-55-28-12-4-20-45(55)62(46-21-5-13-29-56(46)66)49-24-8-16-32-59(49)68-60-33-17-9-25-50(60)62/h2-39H. The van der Waals surface area contributed by atoms with Crippen molar-refractivity contribution in [2.24, 2.45) is 0 Å². The van der Waals surface area contributed by atoms with Crippen LogP contribution in [0.25, 0.3) is 16.1 Å². The molecule has 0 N–H and O–H groups in total. The number of nitrogens with zero attached hydrogens (tertiary/aromatic N) is 4. The van der Waals surface area contributed by atoms with E-state index >= 15 is 0 Å². The Morgan fingerprint density at radius 2 is 0.706 bits per heavy atom. The van der Waals surface area contributed by atoms with Crippen LogP contribution in [-0.2, 0) is 10.8 Å². The van der Waals surface area contributed by atoms with Crippen LogP contribution in [-0.4, -0.2) is 4.98 Å². The van der Waals surface area contributed by atoms with Gasteiger partial charge in [-0.25, -0.2) is 4.85 Å². The second kappa shape index (κ2) is 14.4. The fourth-order valence-corrected chi connectivity index (χ4v) is 11.9. The first kappa shape index (κ1) is 38.1. The molecule has 0 saturated heterocycles. The van der Waals surface area contributed by atoms with E-state index in [0.717, 1.165) is 107 Å². The van der Waals surface area contributed by atoms with Crippen LogP contribution in [0.3, 0.4) is 0 Å². The molecule has 0 atom stereocenters. The van der Waals surface area contributed by atoms with Gasteiger partial charge in [-0.3, -0.25) is 4.98 Å². The summed E-state index contributed by atoms with van der Waals surface area (Å²) in [6.07, 6.45) is 1.87. The lowest BCUT2D eigenvalue weighted by molar-refractivity contribution is 0.434. The fraction of sp³-hybridized carbons (Fsp3) is 0.0323. The molecule has 0 unspecified atom stereocenters. The number of benzene rings is 9. The molecule has 1 aromatic heterocycles. The molecule has 6 nitrogen and oxygen atoms in total. The van der Waals surface area contributed by atoms with Crippen LogP contribution in [0.4, 0.5) is 39.8 Å². The van der Waals surface area contributed by atoms with Gasteiger partial charge in [-0.1, -0.05) is 152 Å². The zero-order chi connectivity index (χ0) is 45.0. The lowest BCUT2D eigenvalue weighted by Crippen LogP contribution is -2.39. The number of para-hydroxylation sites is 8. The van der Waals surface area contributed by atoms with Gasteiger partial charge in [0.15, 0.2) is 5.69 Å². The highest BCUT2D eigenvalue weighted by molar-refractivity contribution is 5.95. The maximum Gasteiger partial charge on any atom is 0.196 e. The smallest absolute Gasteiger partial charge is 0.196 e. The van der Waals surface area contributed by atoms with E-state index in [1.807, 2.05) is 36.5 Å². The number of rotatable bonds is 3. The number of ether oxygens (including phenoxy) is 2. The summed E-state index contributed by atoms with van der Waals surface area (Å²) in [6.45, 7) is 8.47. The Bertz CT molecular complexity index is 3590. The van der Waals surface area contributed by atoms with Crippen molar-refractivity contribution in [2.75, 3.05) is 9.80 Å². The lowest BCUT2D eigenvalue weighted by Gasteiger charge is -2.48. The van der Waals surface area contributed by atoms with E-state index < -0.39 is 10.8 Å². The van der Waals surface area contributed by atoms with Gasteiger partial charge < -0.3 is 19.3 Å². The maximum atomic E-state index is 8.47. The molecule has 0 aliphatic carbocycles. The van der Waals surface area contributed by atoms with Crippen molar-refractivity contribution in [3.05, 3.63) is 287 Å². The van der Waals surface area contributed by atoms with Gasteiger partial charge in [0.2, 0.25) is 0 Å². The van der Waals surface area contributed by atoms with Gasteiger partial charge in [-0.05, 0) is 95.1 Å². The van der Waals surface area contributed by atoms with Gasteiger partial charge in [-0.15, -0.1) is 0 Å². The molecular formula is C62H38N4O2. The third-order valence-electron chi connectivity index (χ3n) is 14.4. The molecule has 14 rings (SSSR count). The summed E-state index contributed by atoms with van der Waals surface area (Å²) in [4.78, 5) is 13.8. The van der Waals surface area contributed by atoms with Crippen molar-refractivity contribution in [2.45, 2.75) is 10.8 Å². The molecule has 4 aliphatic heterocycles. The molecule has 0 radical (unpaired) electrons. The molecule has 0 saturated carbocycles. The summed E-state index contributed by atoms with van der Waals surface area (Å²) in [5.41, 5.74) is 15.7. The van der Waals surface area contributed by atoms with E-state index in [2.05, 4.69) is 209 Å². The number of hydrogen-bond donors (Lipinski definition) is 0. The summed E-state index contributed by atoms with van der Waals surface area (Å²) < 4.78 is 13.3. The Labute approximate surface area is 394 Å². The quantitative estimate of drug-likeness (QED) is 0.166. The Kier molecular flexibility index (Phi) is 8.08. The Morgan fingerprint density at radius 3 is 1.09 bits per heavy atom. The monoisotopic (exact) mass is 870 g/mol. The van der Waals surface area contributed by atoms with Gasteiger partial charge in [0.05, 0.1) is 45.8 Å². The van der Waals surface area contributed by atoms with Crippen LogP contribution in [0, 0.1) is 6.57 Å². The van der Waals surface area contributed by atoms with Gasteiger partial charge in [-0.2, -0.15) is 0 Å². The molecule has 2 spiro atoms. The van der Waals surface area contributed by atoms with E-state index in [1.165, 1.54) is 0 Å². The van der Waals surface area contributed by atoms with E-state index in [-0.39, 0.29) is 0 Å². The van der Waals surface area contributed by atoms with Crippen LogP contribution in [0.5, 0.6) is 23.0 Å². The minimum absolute atomic E-state index is 0.523. The molecular weight excluding hydrogens is 833 g/mol. The van der Waals surface area contributed by atoms with E-state index in [0.29, 0.717) is 11.4 Å². The lowest BCUT2D eigenvalue weighted by atomic mass is 9.61. The predicted molar refractivity (Wildman–Crippen MR) is 269 cm³/mol. The van der Waals surface area contributed by atoms with Crippen LogP contribution in [0.1, 0.15) is 44.5 Å². The molecule has 6 heteroatoms. The fourth-order valence-electron chi connectivity index (χ4n) is 11.9. The van der Waals surface area contributed by atoms with Crippen molar-refractivity contribution in [3.63, 3.8) is 0 Å². The summed E-state index contributed by atoms with van der Waals surface area (Å²) in [5.74, 6) is 3.38. The molecule has 0 bridgehead atoms. The van der Waals surface area contributed by atoms with E-state index in [4.69, 9.17) is 21.0 Å². The minimum Gasteiger partial charge on any atom is -0.457 e. The summed E-state index contributed by atoms with van der Waals surface area (Å²) in [7, 11) is 0. The molecule has 68 heavy (non-hydrogen) atoms. The van der Waals surface area contributed by atoms with E-state index in [1.54, 1.807) is 0 Å². The third kappa shape index (κ3) is 5.02. The Balaban J connectivity index is 0.946. The van der Waals surface area contributed by atoms with Crippen LogP contribution >= 0.6 is 0 Å². The number of hydrogen-bond acceptors (Lipinski definition) is 5. The van der Waals surface area contributed by atoms with Crippen molar-refractivity contribution >= 4 is 39.8 Å². The zero-order valence-electron chi connectivity index (χ0n) is 36.5. The average Bonchev–Trinajstić information content (AvgIpc) is 3.41. The van der Waals surface area contributed by atoms with Crippen molar-refractivity contribution in [1.29, 1.82) is 0 Å². The Hall–Kier alpha value is -9.18. The molecule has 318 valence electrons. The van der Waals surface area contributed by atoms with Crippen molar-refractivity contribution < 1.29 is 9.47 Å². The Morgan fingerprint density at radius 1 is 0.368 bits per heavy atom. The molecule has 5 heterocycles. The van der Waals surface area contributed by atoms with Gasteiger partial charge >= 0.3 is 0 Å². The van der Waals surface area contributed by atoms with Gasteiger partial charge in [0.25, 0.3) is 0 Å². The molecule has 9 aromatic carbocycles. The van der Waals surface area contributed by atoms with E-state index in [9.17, 15) is 0 Å². The average molecular weight is 871 g/mol. The van der Waals surface area contributed by atoms with Crippen molar-refractivity contribution in [3.8, 4) is 34.3 Å². The highest BCUT2D eigenvalue weighted by Crippen LogP contribution is 2.65. The SMILES string of the molecule is [C-]#[N+]c1ccc(N2c3ccccc3C3(c4ccccc4Oc4ccccc43)c3ccccc32)cc1-c1cc(N2c3ccccc3C3(c4ccccc4Oc4ccccc43)c3ccccc32)ccn1. The highest BCUT2D eigenvalue weighted by atomic mass is 16.5. The second-order valence-electron chi connectivity index (χ2n) is 17.6. The van der Waals surface area contributed by atoms with Gasteiger partial charge in [0.1, 0.15) is 23.0 Å². The zero-order valence-corrected chi connectivity index (χ0v) is 36.5. The topological polar surface area (TPSA) is 42.2 Å². The number of aromatic nitrogens is 1. The van der Waals surface area contributed by atoms with Crippen LogP contribution in [0.15, 0.2) is 231 Å². The molecule has 0 fully saturated rings. The second-order valence-corrected chi connectivity index (χ2v) is 17.6. The van der Waals surface area contributed by atoms with Crippen molar-refractivity contribution in [1.82, 2.24) is 4.98 Å². The first-order chi connectivity index (χ1) is 33.7. The third-order valence-corrected chi connectivity index (χ3v) is 14.4. The number of fused-ring (bicyclic) bond motifs is 16. The number of anilines is 6. The molecule has 0 amide bonds. The van der Waals surface area contributed by atoms with Gasteiger partial charge in [0, 0.05) is 45.4 Å². The van der Waals surface area contributed by atoms with Crippen LogP contribution in [0.2, 0.25) is 0 Å².